The minimum atomic E-state index is -0.438. The standard InChI is InChI=1S/C23H23ClN4O3/c1-15-25-12-20(19(27-15)13-30-2)31-14-23(16-6-4-3-5-7-16)10-18(23)22(29)28-21-9-8-17(24)11-26-21/h3-9,11-12,18H,10,13-14H2,1-2H3,(H,26,28,29). The van der Waals surface area contributed by atoms with Crippen LogP contribution < -0.4 is 10.1 Å². The van der Waals surface area contributed by atoms with Gasteiger partial charge in [-0.1, -0.05) is 41.9 Å². The van der Waals surface area contributed by atoms with E-state index in [1.807, 2.05) is 37.3 Å². The van der Waals surface area contributed by atoms with Crippen molar-refractivity contribution in [1.82, 2.24) is 15.0 Å². The first-order valence-corrected chi connectivity index (χ1v) is 10.3. The van der Waals surface area contributed by atoms with Crippen LogP contribution in [0.3, 0.4) is 0 Å². The summed E-state index contributed by atoms with van der Waals surface area (Å²) in [6.45, 7) is 2.47. The molecule has 1 aromatic carbocycles. The van der Waals surface area contributed by atoms with Gasteiger partial charge in [-0.05, 0) is 31.0 Å². The molecule has 2 heterocycles. The van der Waals surface area contributed by atoms with E-state index >= 15 is 0 Å². The fraction of sp³-hybridized carbons (Fsp3) is 0.304. The molecule has 2 aromatic heterocycles. The molecule has 0 radical (unpaired) electrons. The monoisotopic (exact) mass is 438 g/mol. The highest BCUT2D eigenvalue weighted by Gasteiger charge is 2.60. The number of benzene rings is 1. The highest BCUT2D eigenvalue weighted by molar-refractivity contribution is 6.30. The average Bonchev–Trinajstić information content (AvgIpc) is 3.52. The fourth-order valence-electron chi connectivity index (χ4n) is 3.72. The summed E-state index contributed by atoms with van der Waals surface area (Å²) in [5, 5.41) is 3.40. The number of carbonyl (C=O) groups excluding carboxylic acids is 1. The Balaban J connectivity index is 1.54. The van der Waals surface area contributed by atoms with Gasteiger partial charge >= 0.3 is 0 Å². The van der Waals surface area contributed by atoms with E-state index in [9.17, 15) is 4.79 Å². The molecule has 7 nitrogen and oxygen atoms in total. The first-order chi connectivity index (χ1) is 15.0. The highest BCUT2D eigenvalue weighted by atomic mass is 35.5. The number of halogens is 1. The van der Waals surface area contributed by atoms with Gasteiger partial charge in [-0.3, -0.25) is 4.79 Å². The van der Waals surface area contributed by atoms with E-state index in [1.54, 1.807) is 25.4 Å². The zero-order valence-electron chi connectivity index (χ0n) is 17.3. The van der Waals surface area contributed by atoms with Crippen molar-refractivity contribution in [3.05, 3.63) is 77.0 Å². The van der Waals surface area contributed by atoms with Gasteiger partial charge in [0.25, 0.3) is 0 Å². The quantitative estimate of drug-likeness (QED) is 0.573. The first-order valence-electron chi connectivity index (χ1n) is 9.94. The number of hydrogen-bond acceptors (Lipinski definition) is 6. The minimum absolute atomic E-state index is 0.0976. The fourth-order valence-corrected chi connectivity index (χ4v) is 3.83. The zero-order valence-corrected chi connectivity index (χ0v) is 18.1. The number of carbonyl (C=O) groups is 1. The van der Waals surface area contributed by atoms with Gasteiger partial charge in [0.1, 0.15) is 17.3 Å². The summed E-state index contributed by atoms with van der Waals surface area (Å²) in [4.78, 5) is 25.8. The molecule has 160 valence electrons. The van der Waals surface area contributed by atoms with Crippen molar-refractivity contribution in [1.29, 1.82) is 0 Å². The number of aryl methyl sites for hydroxylation is 1. The number of nitrogens with zero attached hydrogens (tertiary/aromatic N) is 3. The molecule has 1 amide bonds. The lowest BCUT2D eigenvalue weighted by Crippen LogP contribution is -2.27. The molecular weight excluding hydrogens is 416 g/mol. The van der Waals surface area contributed by atoms with E-state index in [0.29, 0.717) is 47.7 Å². The number of pyridine rings is 1. The van der Waals surface area contributed by atoms with E-state index < -0.39 is 5.41 Å². The number of amides is 1. The van der Waals surface area contributed by atoms with Crippen LogP contribution in [-0.4, -0.2) is 34.6 Å². The molecule has 8 heteroatoms. The zero-order chi connectivity index (χ0) is 21.8. The number of anilines is 1. The predicted octanol–water partition coefficient (Wildman–Crippen LogP) is 3.96. The number of rotatable bonds is 8. The number of aromatic nitrogens is 3. The normalized spacial score (nSPS) is 19.6. The van der Waals surface area contributed by atoms with Crippen molar-refractivity contribution < 1.29 is 14.3 Å². The lowest BCUT2D eigenvalue weighted by Gasteiger charge is -2.20. The number of ether oxygens (including phenoxy) is 2. The predicted molar refractivity (Wildman–Crippen MR) is 117 cm³/mol. The van der Waals surface area contributed by atoms with E-state index in [4.69, 9.17) is 21.1 Å². The summed E-state index contributed by atoms with van der Waals surface area (Å²) in [6.07, 6.45) is 3.83. The molecule has 0 saturated heterocycles. The van der Waals surface area contributed by atoms with Gasteiger partial charge in [-0.15, -0.1) is 0 Å². The SMILES string of the molecule is COCc1nc(C)ncc1OCC1(c2ccccc2)CC1C(=O)Nc1ccc(Cl)cn1. The molecule has 1 saturated carbocycles. The Kier molecular flexibility index (Phi) is 6.15. The minimum Gasteiger partial charge on any atom is -0.489 e. The first kappa shape index (κ1) is 21.2. The molecule has 1 N–H and O–H groups in total. The summed E-state index contributed by atoms with van der Waals surface area (Å²) in [5.74, 6) is 1.34. The third kappa shape index (κ3) is 4.68. The van der Waals surface area contributed by atoms with Gasteiger partial charge in [0.05, 0.1) is 30.4 Å². The van der Waals surface area contributed by atoms with Crippen LogP contribution in [-0.2, 0) is 21.6 Å². The van der Waals surface area contributed by atoms with Crippen LogP contribution in [0.15, 0.2) is 54.9 Å². The van der Waals surface area contributed by atoms with Gasteiger partial charge in [0.2, 0.25) is 5.91 Å². The summed E-state index contributed by atoms with van der Waals surface area (Å²) < 4.78 is 11.4. The Labute approximate surface area is 185 Å². The molecule has 3 aromatic rings. The molecule has 1 aliphatic rings. The van der Waals surface area contributed by atoms with Gasteiger partial charge in [-0.2, -0.15) is 0 Å². The molecule has 1 aliphatic carbocycles. The molecule has 2 atom stereocenters. The van der Waals surface area contributed by atoms with Gasteiger partial charge < -0.3 is 14.8 Å². The van der Waals surface area contributed by atoms with E-state index in [-0.39, 0.29) is 11.8 Å². The largest absolute Gasteiger partial charge is 0.489 e. The van der Waals surface area contributed by atoms with Crippen molar-refractivity contribution >= 4 is 23.3 Å². The van der Waals surface area contributed by atoms with Crippen molar-refractivity contribution in [2.45, 2.75) is 25.4 Å². The lowest BCUT2D eigenvalue weighted by atomic mass is 9.93. The summed E-state index contributed by atoms with van der Waals surface area (Å²) >= 11 is 5.88. The molecule has 2 unspecified atom stereocenters. The molecule has 31 heavy (non-hydrogen) atoms. The van der Waals surface area contributed by atoms with Crippen LogP contribution in [0.4, 0.5) is 5.82 Å². The maximum Gasteiger partial charge on any atom is 0.229 e. The second kappa shape index (κ2) is 8.99. The molecule has 0 bridgehead atoms. The van der Waals surface area contributed by atoms with Crippen LogP contribution in [0.1, 0.15) is 23.5 Å². The maximum absolute atomic E-state index is 13.0. The number of hydrogen-bond donors (Lipinski definition) is 1. The maximum atomic E-state index is 13.0. The topological polar surface area (TPSA) is 86.2 Å². The summed E-state index contributed by atoms with van der Waals surface area (Å²) in [5.41, 5.74) is 1.30. The van der Waals surface area contributed by atoms with Crippen LogP contribution in [0.2, 0.25) is 5.02 Å². The average molecular weight is 439 g/mol. The Morgan fingerprint density at radius 2 is 2.00 bits per heavy atom. The Bertz CT molecular complexity index is 1060. The van der Waals surface area contributed by atoms with Gasteiger partial charge in [0, 0.05) is 18.7 Å². The second-order valence-corrected chi connectivity index (χ2v) is 8.02. The lowest BCUT2D eigenvalue weighted by molar-refractivity contribution is -0.117. The van der Waals surface area contributed by atoms with Gasteiger partial charge in [0.15, 0.2) is 5.75 Å². The van der Waals surface area contributed by atoms with Crippen molar-refractivity contribution in [2.24, 2.45) is 5.92 Å². The molecule has 0 aliphatic heterocycles. The van der Waals surface area contributed by atoms with Crippen molar-refractivity contribution in [2.75, 3.05) is 19.0 Å². The van der Waals surface area contributed by atoms with E-state index in [2.05, 4.69) is 20.3 Å². The molecule has 0 spiro atoms. The Morgan fingerprint density at radius 1 is 1.19 bits per heavy atom. The molecule has 1 fully saturated rings. The molecular formula is C23H23ClN4O3. The van der Waals surface area contributed by atoms with Crippen LogP contribution in [0.25, 0.3) is 0 Å². The number of methoxy groups -OCH3 is 1. The Morgan fingerprint density at radius 3 is 2.71 bits per heavy atom. The third-order valence-corrected chi connectivity index (χ3v) is 5.66. The number of nitrogens with one attached hydrogen (secondary N) is 1. The van der Waals surface area contributed by atoms with Crippen molar-refractivity contribution in [3.63, 3.8) is 0 Å². The second-order valence-electron chi connectivity index (χ2n) is 7.58. The third-order valence-electron chi connectivity index (χ3n) is 5.44. The van der Waals surface area contributed by atoms with E-state index in [1.165, 1.54) is 6.20 Å². The molecule has 4 rings (SSSR count). The Hall–Kier alpha value is -3.03. The van der Waals surface area contributed by atoms with Crippen LogP contribution in [0, 0.1) is 12.8 Å². The highest BCUT2D eigenvalue weighted by Crippen LogP contribution is 2.55. The van der Waals surface area contributed by atoms with Crippen LogP contribution >= 0.6 is 11.6 Å². The van der Waals surface area contributed by atoms with Crippen molar-refractivity contribution in [3.8, 4) is 5.75 Å². The summed E-state index contributed by atoms with van der Waals surface area (Å²) in [7, 11) is 1.61. The summed E-state index contributed by atoms with van der Waals surface area (Å²) in [6, 6.07) is 13.3. The van der Waals surface area contributed by atoms with E-state index in [0.717, 1.165) is 5.56 Å². The van der Waals surface area contributed by atoms with Gasteiger partial charge in [-0.25, -0.2) is 15.0 Å². The van der Waals surface area contributed by atoms with Crippen LogP contribution in [0.5, 0.6) is 5.75 Å². The smallest absolute Gasteiger partial charge is 0.229 e.